The van der Waals surface area contributed by atoms with Crippen molar-refractivity contribution in [1.82, 2.24) is 20.2 Å². The molecular weight excluding hydrogens is 421 g/mol. The van der Waals surface area contributed by atoms with E-state index in [9.17, 15) is 22.8 Å². The number of nitrogens with one attached hydrogen (secondary N) is 2. The number of amides is 2. The lowest BCUT2D eigenvalue weighted by atomic mass is 9.95. The molecule has 2 amide bonds. The molecule has 1 aromatic carbocycles. The smallest absolute Gasteiger partial charge is 0.328 e. The zero-order chi connectivity index (χ0) is 21.8. The molecule has 1 aliphatic heterocycles. The van der Waals surface area contributed by atoms with Gasteiger partial charge in [-0.2, -0.15) is 11.8 Å². The number of aromatic nitrogens is 2. The van der Waals surface area contributed by atoms with E-state index in [0.29, 0.717) is 30.0 Å². The Morgan fingerprint density at radius 2 is 2.13 bits per heavy atom. The van der Waals surface area contributed by atoms with E-state index < -0.39 is 41.5 Å². The number of carbonyl (C=O) groups excluding carboxylic acids is 2. The number of fused-ring (bicyclic) bond motifs is 1. The molecule has 0 fully saturated rings. The monoisotopic (exact) mass is 442 g/mol. The van der Waals surface area contributed by atoms with Crippen LogP contribution in [0.15, 0.2) is 18.5 Å². The third-order valence-corrected chi connectivity index (χ3v) is 5.58. The Kier molecular flexibility index (Phi) is 6.91. The molecular formula is C19H21F3N4O3S. The van der Waals surface area contributed by atoms with Crippen molar-refractivity contribution in [3.63, 3.8) is 0 Å². The third-order valence-electron chi connectivity index (χ3n) is 4.94. The number of nitrogens with zero attached hydrogens (tertiary/aromatic N) is 2. The van der Waals surface area contributed by atoms with Crippen LogP contribution in [0.3, 0.4) is 0 Å². The molecule has 2 heterocycles. The van der Waals surface area contributed by atoms with E-state index in [0.717, 1.165) is 12.1 Å². The zero-order valence-electron chi connectivity index (χ0n) is 16.4. The summed E-state index contributed by atoms with van der Waals surface area (Å²) in [4.78, 5) is 33.4. The van der Waals surface area contributed by atoms with Crippen molar-refractivity contribution < 1.29 is 27.5 Å². The lowest BCUT2D eigenvalue weighted by Gasteiger charge is -2.36. The topological polar surface area (TPSA) is 87.3 Å². The molecule has 0 saturated heterocycles. The second kappa shape index (κ2) is 9.41. The number of ether oxygens (including phenoxy) is 1. The van der Waals surface area contributed by atoms with Crippen molar-refractivity contribution in [2.45, 2.75) is 24.9 Å². The van der Waals surface area contributed by atoms with Gasteiger partial charge in [0, 0.05) is 24.2 Å². The minimum absolute atomic E-state index is 0.153. The second-order valence-electron chi connectivity index (χ2n) is 6.68. The van der Waals surface area contributed by atoms with Gasteiger partial charge < -0.3 is 19.9 Å². The molecule has 0 radical (unpaired) electrons. The number of aromatic amines is 1. The number of methoxy groups -OCH3 is 1. The van der Waals surface area contributed by atoms with Crippen LogP contribution in [0.5, 0.6) is 0 Å². The summed E-state index contributed by atoms with van der Waals surface area (Å²) in [5, 5.41) is 2.61. The Hall–Kier alpha value is -2.69. The molecule has 162 valence electrons. The standard InChI is InChI=1S/C19H21F3N4O3S/c1-29-18(27)13(6-8-30-2)25-19(28)26-7-5-12-16(24-9-23-12)17(26)10-3-4-11(20)15(22)14(10)21/h3-4,9,13,17H,5-8H2,1-2H3,(H,23,24)(H,25,28)/t13-,17+/m0/s1. The molecule has 3 rings (SSSR count). The van der Waals surface area contributed by atoms with Gasteiger partial charge in [0.1, 0.15) is 12.1 Å². The van der Waals surface area contributed by atoms with Gasteiger partial charge in [-0.15, -0.1) is 0 Å². The first-order chi connectivity index (χ1) is 14.4. The largest absolute Gasteiger partial charge is 0.467 e. The lowest BCUT2D eigenvalue weighted by Crippen LogP contribution is -2.51. The highest BCUT2D eigenvalue weighted by molar-refractivity contribution is 7.98. The molecule has 1 aromatic heterocycles. The van der Waals surface area contributed by atoms with Crippen LogP contribution in [0.2, 0.25) is 0 Å². The number of esters is 1. The van der Waals surface area contributed by atoms with Gasteiger partial charge in [-0.1, -0.05) is 6.07 Å². The molecule has 0 bridgehead atoms. The van der Waals surface area contributed by atoms with Gasteiger partial charge in [-0.25, -0.2) is 27.7 Å². The minimum atomic E-state index is -1.62. The second-order valence-corrected chi connectivity index (χ2v) is 7.67. The molecule has 2 atom stereocenters. The highest BCUT2D eigenvalue weighted by Gasteiger charge is 2.38. The van der Waals surface area contributed by atoms with Crippen molar-refractivity contribution in [3.8, 4) is 0 Å². The van der Waals surface area contributed by atoms with Crippen LogP contribution < -0.4 is 5.32 Å². The maximum Gasteiger partial charge on any atom is 0.328 e. The van der Waals surface area contributed by atoms with E-state index in [4.69, 9.17) is 4.74 Å². The van der Waals surface area contributed by atoms with Crippen molar-refractivity contribution in [2.24, 2.45) is 0 Å². The van der Waals surface area contributed by atoms with Crippen LogP contribution in [0.1, 0.15) is 29.4 Å². The number of hydrogen-bond acceptors (Lipinski definition) is 5. The Balaban J connectivity index is 1.95. The Morgan fingerprint density at radius 1 is 1.37 bits per heavy atom. The van der Waals surface area contributed by atoms with E-state index >= 15 is 0 Å². The number of thioether (sulfide) groups is 1. The number of carbonyl (C=O) groups is 2. The summed E-state index contributed by atoms with van der Waals surface area (Å²) in [6.45, 7) is 0.153. The van der Waals surface area contributed by atoms with Gasteiger partial charge >= 0.3 is 12.0 Å². The quantitative estimate of drug-likeness (QED) is 0.531. The number of urea groups is 1. The third kappa shape index (κ3) is 4.25. The summed E-state index contributed by atoms with van der Waals surface area (Å²) >= 11 is 1.50. The average Bonchev–Trinajstić information content (AvgIpc) is 3.23. The molecule has 11 heteroatoms. The summed E-state index contributed by atoms with van der Waals surface area (Å²) in [6, 6.07) is -0.747. The van der Waals surface area contributed by atoms with Gasteiger partial charge in [0.05, 0.1) is 19.1 Å². The molecule has 0 saturated carbocycles. The Bertz CT molecular complexity index is 940. The normalized spacial score (nSPS) is 16.7. The molecule has 0 unspecified atom stereocenters. The van der Waals surface area contributed by atoms with Gasteiger partial charge in [-0.3, -0.25) is 0 Å². The molecule has 30 heavy (non-hydrogen) atoms. The zero-order valence-corrected chi connectivity index (χ0v) is 17.2. The molecule has 7 nitrogen and oxygen atoms in total. The van der Waals surface area contributed by atoms with Crippen LogP contribution in [0.4, 0.5) is 18.0 Å². The molecule has 1 aliphatic rings. The van der Waals surface area contributed by atoms with Gasteiger partial charge in [0.15, 0.2) is 17.5 Å². The highest BCUT2D eigenvalue weighted by Crippen LogP contribution is 2.35. The number of hydrogen-bond donors (Lipinski definition) is 2. The van der Waals surface area contributed by atoms with Crippen LogP contribution in [-0.4, -0.2) is 58.6 Å². The van der Waals surface area contributed by atoms with E-state index in [1.165, 1.54) is 30.1 Å². The van der Waals surface area contributed by atoms with Crippen LogP contribution >= 0.6 is 11.8 Å². The van der Waals surface area contributed by atoms with Crippen molar-refractivity contribution in [1.29, 1.82) is 0 Å². The van der Waals surface area contributed by atoms with Crippen LogP contribution in [0.25, 0.3) is 0 Å². The van der Waals surface area contributed by atoms with Crippen molar-refractivity contribution >= 4 is 23.8 Å². The molecule has 2 aromatic rings. The summed E-state index contributed by atoms with van der Waals surface area (Å²) in [5.41, 5.74) is 0.774. The fraction of sp³-hybridized carbons (Fsp3) is 0.421. The number of benzene rings is 1. The average molecular weight is 442 g/mol. The Morgan fingerprint density at radius 3 is 2.83 bits per heavy atom. The fourth-order valence-corrected chi connectivity index (χ4v) is 3.89. The Labute approximate surface area is 175 Å². The molecule has 0 spiro atoms. The minimum Gasteiger partial charge on any atom is -0.467 e. The number of H-pyrrole nitrogens is 1. The summed E-state index contributed by atoms with van der Waals surface area (Å²) in [7, 11) is 1.22. The van der Waals surface area contributed by atoms with Gasteiger partial charge in [-0.05, 0) is 24.5 Å². The molecule has 0 aliphatic carbocycles. The number of imidazole rings is 1. The van der Waals surface area contributed by atoms with Crippen LogP contribution in [-0.2, 0) is 16.0 Å². The summed E-state index contributed by atoms with van der Waals surface area (Å²) in [5.74, 6) is -4.34. The van der Waals surface area contributed by atoms with E-state index in [1.807, 2.05) is 6.26 Å². The SMILES string of the molecule is COC(=O)[C@H](CCSC)NC(=O)N1CCc2[nH]cnc2[C@H]1c1ccc(F)c(F)c1F. The highest BCUT2D eigenvalue weighted by atomic mass is 32.2. The van der Waals surface area contributed by atoms with Crippen LogP contribution in [0, 0.1) is 17.5 Å². The van der Waals surface area contributed by atoms with Gasteiger partial charge in [0.25, 0.3) is 0 Å². The first kappa shape index (κ1) is 22.0. The maximum atomic E-state index is 14.6. The molecule has 2 N–H and O–H groups in total. The first-order valence-corrected chi connectivity index (χ1v) is 10.6. The fourth-order valence-electron chi connectivity index (χ4n) is 3.42. The van der Waals surface area contributed by atoms with E-state index in [2.05, 4.69) is 15.3 Å². The predicted molar refractivity (Wildman–Crippen MR) is 104 cm³/mol. The summed E-state index contributed by atoms with van der Waals surface area (Å²) in [6.07, 6.45) is 4.00. The van der Waals surface area contributed by atoms with Crippen molar-refractivity contribution in [2.75, 3.05) is 25.7 Å². The maximum absolute atomic E-state index is 14.6. The van der Waals surface area contributed by atoms with E-state index in [1.54, 1.807) is 0 Å². The predicted octanol–water partition coefficient (Wildman–Crippen LogP) is 2.78. The van der Waals surface area contributed by atoms with Gasteiger partial charge in [0.2, 0.25) is 0 Å². The number of rotatable bonds is 6. The first-order valence-electron chi connectivity index (χ1n) is 9.18. The summed E-state index contributed by atoms with van der Waals surface area (Å²) < 4.78 is 46.7. The number of halogens is 3. The van der Waals surface area contributed by atoms with E-state index in [-0.39, 0.29) is 12.1 Å². The van der Waals surface area contributed by atoms with Crippen molar-refractivity contribution in [3.05, 3.63) is 52.9 Å². The lowest BCUT2D eigenvalue weighted by molar-refractivity contribution is -0.142.